The lowest BCUT2D eigenvalue weighted by molar-refractivity contribution is 0.0926. The highest BCUT2D eigenvalue weighted by molar-refractivity contribution is 6.29. The molecule has 0 atom stereocenters. The van der Waals surface area contributed by atoms with E-state index in [9.17, 15) is 4.79 Å². The van der Waals surface area contributed by atoms with Gasteiger partial charge in [-0.05, 0) is 30.2 Å². The Balaban J connectivity index is 2.33. The van der Waals surface area contributed by atoms with Crippen molar-refractivity contribution < 1.29 is 9.21 Å². The lowest BCUT2D eigenvalue weighted by Gasteiger charge is -1.99. The standard InChI is InChI=1S/C10H10ClNO2/c1-2-3-4-7-12-10(13)8-5-6-9(11)14-8/h1,5-6H,3-4,7H2,(H,12,13). The Hall–Kier alpha value is -1.40. The maximum atomic E-state index is 11.3. The lowest BCUT2D eigenvalue weighted by atomic mass is 10.3. The van der Waals surface area contributed by atoms with Crippen LogP contribution in [0, 0.1) is 12.3 Å². The normalized spacial score (nSPS) is 9.43. The maximum Gasteiger partial charge on any atom is 0.287 e. The molecule has 1 heterocycles. The van der Waals surface area contributed by atoms with Crippen molar-refractivity contribution in [2.75, 3.05) is 6.54 Å². The van der Waals surface area contributed by atoms with Gasteiger partial charge in [-0.3, -0.25) is 4.79 Å². The highest BCUT2D eigenvalue weighted by atomic mass is 35.5. The predicted molar refractivity (Wildman–Crippen MR) is 54.1 cm³/mol. The van der Waals surface area contributed by atoms with Crippen LogP contribution in [0.5, 0.6) is 0 Å². The summed E-state index contributed by atoms with van der Waals surface area (Å²) in [5.74, 6) is 2.44. The highest BCUT2D eigenvalue weighted by Gasteiger charge is 2.08. The second kappa shape index (κ2) is 5.36. The van der Waals surface area contributed by atoms with Crippen LogP contribution in [0.1, 0.15) is 23.4 Å². The number of rotatable bonds is 4. The first-order valence-electron chi connectivity index (χ1n) is 4.21. The third-order valence-corrected chi connectivity index (χ3v) is 1.78. The van der Waals surface area contributed by atoms with Crippen molar-refractivity contribution in [3.63, 3.8) is 0 Å². The number of hydrogen-bond donors (Lipinski definition) is 1. The molecule has 1 N–H and O–H groups in total. The Morgan fingerprint density at radius 3 is 3.00 bits per heavy atom. The third-order valence-electron chi connectivity index (χ3n) is 1.58. The van der Waals surface area contributed by atoms with Crippen molar-refractivity contribution in [2.45, 2.75) is 12.8 Å². The molecule has 0 aliphatic carbocycles. The summed E-state index contributed by atoms with van der Waals surface area (Å²) in [4.78, 5) is 11.3. The molecule has 74 valence electrons. The molecule has 0 unspecified atom stereocenters. The number of unbranched alkanes of at least 4 members (excludes halogenated alkanes) is 1. The van der Waals surface area contributed by atoms with Gasteiger partial charge in [-0.2, -0.15) is 0 Å². The Morgan fingerprint density at radius 2 is 2.43 bits per heavy atom. The minimum absolute atomic E-state index is 0.207. The topological polar surface area (TPSA) is 42.2 Å². The number of terminal acetylenes is 1. The van der Waals surface area contributed by atoms with E-state index in [-0.39, 0.29) is 16.9 Å². The number of nitrogens with one attached hydrogen (secondary N) is 1. The molecule has 1 rings (SSSR count). The van der Waals surface area contributed by atoms with Gasteiger partial charge >= 0.3 is 0 Å². The molecule has 0 bridgehead atoms. The van der Waals surface area contributed by atoms with Crippen molar-refractivity contribution in [3.05, 3.63) is 23.1 Å². The van der Waals surface area contributed by atoms with Gasteiger partial charge < -0.3 is 9.73 Å². The van der Waals surface area contributed by atoms with Crippen LogP contribution in [0.4, 0.5) is 0 Å². The van der Waals surface area contributed by atoms with Gasteiger partial charge in [0, 0.05) is 13.0 Å². The van der Waals surface area contributed by atoms with E-state index in [0.717, 1.165) is 6.42 Å². The van der Waals surface area contributed by atoms with Crippen LogP contribution in [-0.2, 0) is 0 Å². The van der Waals surface area contributed by atoms with Gasteiger partial charge in [-0.1, -0.05) is 0 Å². The highest BCUT2D eigenvalue weighted by Crippen LogP contribution is 2.12. The fraction of sp³-hybridized carbons (Fsp3) is 0.300. The van der Waals surface area contributed by atoms with Gasteiger partial charge in [-0.15, -0.1) is 12.3 Å². The number of carbonyl (C=O) groups is 1. The van der Waals surface area contributed by atoms with Crippen LogP contribution >= 0.6 is 11.6 Å². The summed E-state index contributed by atoms with van der Waals surface area (Å²) >= 11 is 5.52. The summed E-state index contributed by atoms with van der Waals surface area (Å²) < 4.78 is 4.92. The molecule has 0 radical (unpaired) electrons. The van der Waals surface area contributed by atoms with E-state index in [2.05, 4.69) is 11.2 Å². The average molecular weight is 212 g/mol. The first-order valence-corrected chi connectivity index (χ1v) is 4.59. The van der Waals surface area contributed by atoms with E-state index in [4.69, 9.17) is 22.4 Å². The molecule has 0 aromatic carbocycles. The molecule has 0 aliphatic rings. The summed E-state index contributed by atoms with van der Waals surface area (Å²) in [5.41, 5.74) is 0. The van der Waals surface area contributed by atoms with Gasteiger partial charge in [0.05, 0.1) is 0 Å². The Bertz CT molecular complexity index is 351. The van der Waals surface area contributed by atoms with E-state index >= 15 is 0 Å². The molecular weight excluding hydrogens is 202 g/mol. The molecular formula is C10H10ClNO2. The van der Waals surface area contributed by atoms with Crippen LogP contribution < -0.4 is 5.32 Å². The van der Waals surface area contributed by atoms with Crippen molar-refractivity contribution in [3.8, 4) is 12.3 Å². The smallest absolute Gasteiger partial charge is 0.287 e. The van der Waals surface area contributed by atoms with E-state index in [1.165, 1.54) is 12.1 Å². The van der Waals surface area contributed by atoms with Gasteiger partial charge in [-0.25, -0.2) is 0 Å². The SMILES string of the molecule is C#CCCCNC(=O)c1ccc(Cl)o1. The number of carbonyl (C=O) groups excluding carboxylic acids is 1. The van der Waals surface area contributed by atoms with Crippen molar-refractivity contribution in [1.29, 1.82) is 0 Å². The van der Waals surface area contributed by atoms with Crippen LogP contribution in [0.15, 0.2) is 16.5 Å². The fourth-order valence-corrected chi connectivity index (χ4v) is 1.06. The summed E-state index contributed by atoms with van der Waals surface area (Å²) in [6, 6.07) is 3.05. The number of furan rings is 1. The van der Waals surface area contributed by atoms with E-state index in [0.29, 0.717) is 13.0 Å². The number of amides is 1. The van der Waals surface area contributed by atoms with Crippen LogP contribution in [0.3, 0.4) is 0 Å². The molecule has 4 heteroatoms. The molecule has 0 aliphatic heterocycles. The molecule has 0 spiro atoms. The quantitative estimate of drug-likeness (QED) is 0.612. The van der Waals surface area contributed by atoms with E-state index in [1.54, 1.807) is 0 Å². The van der Waals surface area contributed by atoms with E-state index in [1.807, 2.05) is 0 Å². The molecule has 1 amide bonds. The molecule has 1 aromatic rings. The van der Waals surface area contributed by atoms with Gasteiger partial charge in [0.1, 0.15) is 0 Å². The first-order chi connectivity index (χ1) is 6.74. The van der Waals surface area contributed by atoms with E-state index < -0.39 is 0 Å². The minimum atomic E-state index is -0.270. The van der Waals surface area contributed by atoms with Crippen molar-refractivity contribution in [2.24, 2.45) is 0 Å². The second-order valence-electron chi connectivity index (χ2n) is 2.67. The van der Waals surface area contributed by atoms with Gasteiger partial charge in [0.25, 0.3) is 5.91 Å². The summed E-state index contributed by atoms with van der Waals surface area (Å²) in [6.07, 6.45) is 6.47. The predicted octanol–water partition coefficient (Wildman–Crippen LogP) is 2.08. The molecule has 0 fully saturated rings. The molecule has 0 saturated heterocycles. The Kier molecular flexibility index (Phi) is 4.09. The van der Waals surface area contributed by atoms with Crippen LogP contribution in [0.25, 0.3) is 0 Å². The lowest BCUT2D eigenvalue weighted by Crippen LogP contribution is -2.23. The van der Waals surface area contributed by atoms with Crippen LogP contribution in [0.2, 0.25) is 5.22 Å². The fourth-order valence-electron chi connectivity index (χ4n) is 0.916. The largest absolute Gasteiger partial charge is 0.440 e. The summed E-state index contributed by atoms with van der Waals surface area (Å²) in [6.45, 7) is 0.543. The van der Waals surface area contributed by atoms with Gasteiger partial charge in [0.15, 0.2) is 11.0 Å². The second-order valence-corrected chi connectivity index (χ2v) is 3.04. The molecule has 1 aromatic heterocycles. The zero-order chi connectivity index (χ0) is 10.4. The summed E-state index contributed by atoms with van der Waals surface area (Å²) in [5, 5.41) is 2.87. The van der Waals surface area contributed by atoms with Crippen LogP contribution in [-0.4, -0.2) is 12.5 Å². The molecule has 3 nitrogen and oxygen atoms in total. The maximum absolute atomic E-state index is 11.3. The minimum Gasteiger partial charge on any atom is -0.440 e. The summed E-state index contributed by atoms with van der Waals surface area (Å²) in [7, 11) is 0. The number of halogens is 1. The Labute approximate surface area is 87.4 Å². The monoisotopic (exact) mass is 211 g/mol. The first kappa shape index (κ1) is 10.7. The van der Waals surface area contributed by atoms with Crippen molar-refractivity contribution >= 4 is 17.5 Å². The van der Waals surface area contributed by atoms with Gasteiger partial charge in [0.2, 0.25) is 0 Å². The zero-order valence-electron chi connectivity index (χ0n) is 7.55. The zero-order valence-corrected chi connectivity index (χ0v) is 8.30. The third kappa shape index (κ3) is 3.15. The average Bonchev–Trinajstić information content (AvgIpc) is 2.59. The molecule has 0 saturated carbocycles. The number of hydrogen-bond acceptors (Lipinski definition) is 2. The van der Waals surface area contributed by atoms with Crippen molar-refractivity contribution in [1.82, 2.24) is 5.32 Å². The Morgan fingerprint density at radius 1 is 1.64 bits per heavy atom. The molecule has 14 heavy (non-hydrogen) atoms.